The largest absolute Gasteiger partial charge is 0.497 e. The molecule has 1 aliphatic heterocycles. The quantitative estimate of drug-likeness (QED) is 0.938. The van der Waals surface area contributed by atoms with Crippen molar-refractivity contribution in [2.75, 3.05) is 23.9 Å². The van der Waals surface area contributed by atoms with Crippen LogP contribution in [0.3, 0.4) is 0 Å². The van der Waals surface area contributed by atoms with Crippen molar-refractivity contribution in [1.82, 2.24) is 4.98 Å². The predicted octanol–water partition coefficient (Wildman–Crippen LogP) is 2.08. The van der Waals surface area contributed by atoms with Crippen molar-refractivity contribution < 1.29 is 14.3 Å². The van der Waals surface area contributed by atoms with Crippen molar-refractivity contribution in [2.24, 2.45) is 5.92 Å². The Balaban J connectivity index is 1.67. The van der Waals surface area contributed by atoms with Crippen molar-refractivity contribution in [3.05, 3.63) is 48.8 Å². The van der Waals surface area contributed by atoms with Gasteiger partial charge < -0.3 is 15.0 Å². The van der Waals surface area contributed by atoms with E-state index in [4.69, 9.17) is 4.74 Å². The number of nitrogens with one attached hydrogen (secondary N) is 1. The number of pyridine rings is 1. The van der Waals surface area contributed by atoms with E-state index in [0.29, 0.717) is 12.2 Å². The third kappa shape index (κ3) is 3.31. The van der Waals surface area contributed by atoms with Gasteiger partial charge >= 0.3 is 0 Å². The van der Waals surface area contributed by atoms with Crippen LogP contribution in [0, 0.1) is 5.92 Å². The molecule has 3 rings (SSSR count). The van der Waals surface area contributed by atoms with Gasteiger partial charge in [-0.2, -0.15) is 0 Å². The maximum absolute atomic E-state index is 12.3. The molecule has 1 aromatic heterocycles. The monoisotopic (exact) mass is 311 g/mol. The van der Waals surface area contributed by atoms with E-state index in [1.807, 2.05) is 12.1 Å². The van der Waals surface area contributed by atoms with Gasteiger partial charge in [0, 0.05) is 36.7 Å². The molecule has 6 heteroatoms. The topological polar surface area (TPSA) is 71.5 Å². The van der Waals surface area contributed by atoms with E-state index in [9.17, 15) is 9.59 Å². The number of aromatic nitrogens is 1. The lowest BCUT2D eigenvalue weighted by molar-refractivity contribution is -0.122. The van der Waals surface area contributed by atoms with Crippen molar-refractivity contribution >= 4 is 23.2 Å². The Kier molecular flexibility index (Phi) is 4.23. The first-order chi connectivity index (χ1) is 11.2. The van der Waals surface area contributed by atoms with Gasteiger partial charge in [-0.15, -0.1) is 0 Å². The summed E-state index contributed by atoms with van der Waals surface area (Å²) in [6.07, 6.45) is 3.43. The second-order valence-corrected chi connectivity index (χ2v) is 5.33. The van der Waals surface area contributed by atoms with E-state index in [2.05, 4.69) is 10.3 Å². The Bertz CT molecular complexity index is 701. The van der Waals surface area contributed by atoms with E-state index in [-0.39, 0.29) is 24.2 Å². The SMILES string of the molecule is COc1ccc(N2C[C@H](C(=O)Nc3ccncc3)CC2=O)cc1. The van der Waals surface area contributed by atoms with E-state index < -0.39 is 0 Å². The van der Waals surface area contributed by atoms with Crippen LogP contribution >= 0.6 is 0 Å². The van der Waals surface area contributed by atoms with E-state index in [1.54, 1.807) is 48.7 Å². The standard InChI is InChI=1S/C17H17N3O3/c1-23-15-4-2-14(3-5-15)20-11-12(10-16(20)21)17(22)19-13-6-8-18-9-7-13/h2-9,12H,10-11H2,1H3,(H,18,19,22)/t12-/m1/s1. The van der Waals surface area contributed by atoms with Gasteiger partial charge in [-0.05, 0) is 36.4 Å². The van der Waals surface area contributed by atoms with Crippen LogP contribution in [-0.4, -0.2) is 30.5 Å². The number of hydrogen-bond donors (Lipinski definition) is 1. The first-order valence-corrected chi connectivity index (χ1v) is 7.32. The van der Waals surface area contributed by atoms with E-state index >= 15 is 0 Å². The highest BCUT2D eigenvalue weighted by Gasteiger charge is 2.35. The molecule has 2 aromatic rings. The summed E-state index contributed by atoms with van der Waals surface area (Å²) in [5, 5.41) is 2.82. The number of rotatable bonds is 4. The molecule has 2 heterocycles. The average molecular weight is 311 g/mol. The molecule has 1 N–H and O–H groups in total. The molecule has 0 spiro atoms. The summed E-state index contributed by atoms with van der Waals surface area (Å²) < 4.78 is 5.11. The van der Waals surface area contributed by atoms with Crippen LogP contribution < -0.4 is 15.0 Å². The zero-order valence-corrected chi connectivity index (χ0v) is 12.7. The molecule has 118 valence electrons. The number of hydrogen-bond acceptors (Lipinski definition) is 4. The molecule has 23 heavy (non-hydrogen) atoms. The molecule has 0 unspecified atom stereocenters. The number of ether oxygens (including phenoxy) is 1. The molecule has 6 nitrogen and oxygen atoms in total. The van der Waals surface area contributed by atoms with Crippen LogP contribution in [-0.2, 0) is 9.59 Å². The molecule has 0 aliphatic carbocycles. The highest BCUT2D eigenvalue weighted by Crippen LogP contribution is 2.27. The Morgan fingerprint density at radius 3 is 2.57 bits per heavy atom. The lowest BCUT2D eigenvalue weighted by atomic mass is 10.1. The van der Waals surface area contributed by atoms with Gasteiger partial charge in [-0.3, -0.25) is 14.6 Å². The first-order valence-electron chi connectivity index (χ1n) is 7.32. The van der Waals surface area contributed by atoms with Gasteiger partial charge in [0.05, 0.1) is 13.0 Å². The summed E-state index contributed by atoms with van der Waals surface area (Å²) >= 11 is 0. The minimum atomic E-state index is -0.363. The summed E-state index contributed by atoms with van der Waals surface area (Å²) in [4.78, 5) is 30.0. The molecule has 1 saturated heterocycles. The highest BCUT2D eigenvalue weighted by atomic mass is 16.5. The predicted molar refractivity (Wildman–Crippen MR) is 86.3 cm³/mol. The number of nitrogens with zero attached hydrogens (tertiary/aromatic N) is 2. The Morgan fingerprint density at radius 2 is 1.91 bits per heavy atom. The van der Waals surface area contributed by atoms with Gasteiger partial charge in [0.15, 0.2) is 0 Å². The molecular formula is C17H17N3O3. The Labute approximate surface area is 134 Å². The Morgan fingerprint density at radius 1 is 1.22 bits per heavy atom. The second kappa shape index (κ2) is 6.48. The average Bonchev–Trinajstić information content (AvgIpc) is 2.98. The van der Waals surface area contributed by atoms with Gasteiger partial charge in [0.2, 0.25) is 11.8 Å². The fourth-order valence-electron chi connectivity index (χ4n) is 2.57. The fraction of sp³-hybridized carbons (Fsp3) is 0.235. The zero-order chi connectivity index (χ0) is 16.2. The molecule has 2 amide bonds. The van der Waals surface area contributed by atoms with Gasteiger partial charge in [-0.25, -0.2) is 0 Å². The van der Waals surface area contributed by atoms with Gasteiger partial charge in [0.25, 0.3) is 0 Å². The fourth-order valence-corrected chi connectivity index (χ4v) is 2.57. The first kappa shape index (κ1) is 15.0. The van der Waals surface area contributed by atoms with Crippen LogP contribution in [0.25, 0.3) is 0 Å². The maximum atomic E-state index is 12.3. The summed E-state index contributed by atoms with van der Waals surface area (Å²) in [5.41, 5.74) is 1.45. The van der Waals surface area contributed by atoms with Crippen molar-refractivity contribution in [1.29, 1.82) is 0 Å². The van der Waals surface area contributed by atoms with E-state index in [0.717, 1.165) is 11.4 Å². The van der Waals surface area contributed by atoms with Crippen LogP contribution in [0.1, 0.15) is 6.42 Å². The molecular weight excluding hydrogens is 294 g/mol. The van der Waals surface area contributed by atoms with Gasteiger partial charge in [-0.1, -0.05) is 0 Å². The molecule has 1 aliphatic rings. The van der Waals surface area contributed by atoms with Crippen molar-refractivity contribution in [3.8, 4) is 5.75 Å². The third-order valence-corrected chi connectivity index (χ3v) is 3.83. The van der Waals surface area contributed by atoms with Crippen LogP contribution in [0.4, 0.5) is 11.4 Å². The maximum Gasteiger partial charge on any atom is 0.229 e. The minimum absolute atomic E-state index is 0.0509. The van der Waals surface area contributed by atoms with E-state index in [1.165, 1.54) is 0 Å². The van der Waals surface area contributed by atoms with Gasteiger partial charge in [0.1, 0.15) is 5.75 Å². The van der Waals surface area contributed by atoms with Crippen LogP contribution in [0.5, 0.6) is 5.75 Å². The molecule has 1 fully saturated rings. The van der Waals surface area contributed by atoms with Crippen LogP contribution in [0.2, 0.25) is 0 Å². The normalized spacial score (nSPS) is 17.2. The number of methoxy groups -OCH3 is 1. The number of carbonyl (C=O) groups excluding carboxylic acids is 2. The summed E-state index contributed by atoms with van der Waals surface area (Å²) in [6, 6.07) is 10.7. The summed E-state index contributed by atoms with van der Waals surface area (Å²) in [7, 11) is 1.59. The minimum Gasteiger partial charge on any atom is -0.497 e. The molecule has 0 saturated carbocycles. The lowest BCUT2D eigenvalue weighted by Crippen LogP contribution is -2.28. The molecule has 1 atom stereocenters. The number of benzene rings is 1. The number of amides is 2. The summed E-state index contributed by atoms with van der Waals surface area (Å²) in [6.45, 7) is 0.377. The third-order valence-electron chi connectivity index (χ3n) is 3.83. The van der Waals surface area contributed by atoms with Crippen LogP contribution in [0.15, 0.2) is 48.8 Å². The molecule has 0 bridgehead atoms. The Hall–Kier alpha value is -2.89. The molecule has 1 aromatic carbocycles. The summed E-state index contributed by atoms with van der Waals surface area (Å²) in [5.74, 6) is 0.163. The lowest BCUT2D eigenvalue weighted by Gasteiger charge is -2.17. The second-order valence-electron chi connectivity index (χ2n) is 5.33. The number of carbonyl (C=O) groups is 2. The zero-order valence-electron chi connectivity index (χ0n) is 12.7. The van der Waals surface area contributed by atoms with Crippen molar-refractivity contribution in [2.45, 2.75) is 6.42 Å². The molecule has 0 radical (unpaired) electrons. The van der Waals surface area contributed by atoms with Crippen molar-refractivity contribution in [3.63, 3.8) is 0 Å². The highest BCUT2D eigenvalue weighted by molar-refractivity contribution is 6.03. The number of anilines is 2. The smallest absolute Gasteiger partial charge is 0.229 e.